The van der Waals surface area contributed by atoms with Gasteiger partial charge in [-0.2, -0.15) is 0 Å². The van der Waals surface area contributed by atoms with Gasteiger partial charge in [0.2, 0.25) is 11.8 Å². The number of aromatic nitrogens is 1. The van der Waals surface area contributed by atoms with Gasteiger partial charge in [0.25, 0.3) is 5.91 Å². The lowest BCUT2D eigenvalue weighted by Gasteiger charge is -2.28. The second kappa shape index (κ2) is 15.5. The van der Waals surface area contributed by atoms with Gasteiger partial charge in [0.1, 0.15) is 12.2 Å². The summed E-state index contributed by atoms with van der Waals surface area (Å²) in [5.74, 6) is -0.118. The first kappa shape index (κ1) is 31.3. The highest BCUT2D eigenvalue weighted by atomic mass is 16.2. The maximum Gasteiger partial charge on any atom is 0.268 e. The molecule has 1 aliphatic rings. The van der Waals surface area contributed by atoms with E-state index in [1.54, 1.807) is 4.90 Å². The zero-order valence-electron chi connectivity index (χ0n) is 25.2. The van der Waals surface area contributed by atoms with Crippen LogP contribution >= 0.6 is 0 Å². The summed E-state index contributed by atoms with van der Waals surface area (Å²) in [6.45, 7) is 6.11. The van der Waals surface area contributed by atoms with E-state index in [0.717, 1.165) is 80.9 Å². The van der Waals surface area contributed by atoms with Gasteiger partial charge in [-0.1, -0.05) is 50.1 Å². The van der Waals surface area contributed by atoms with Crippen LogP contribution in [-0.4, -0.2) is 48.0 Å². The number of amides is 3. The zero-order valence-corrected chi connectivity index (χ0v) is 25.2. The summed E-state index contributed by atoms with van der Waals surface area (Å²) in [5, 5.41) is 7.22. The van der Waals surface area contributed by atoms with E-state index in [0.29, 0.717) is 18.8 Å². The molecule has 1 saturated carbocycles. The van der Waals surface area contributed by atoms with Crippen molar-refractivity contribution >= 4 is 34.3 Å². The first-order valence-corrected chi connectivity index (χ1v) is 15.7. The van der Waals surface area contributed by atoms with E-state index in [1.807, 2.05) is 54.0 Å². The van der Waals surface area contributed by atoms with E-state index < -0.39 is 0 Å². The predicted molar refractivity (Wildman–Crippen MR) is 170 cm³/mol. The summed E-state index contributed by atoms with van der Waals surface area (Å²) in [4.78, 5) is 41.6. The molecule has 3 aromatic rings. The van der Waals surface area contributed by atoms with Crippen LogP contribution in [0.15, 0.2) is 54.6 Å². The highest BCUT2D eigenvalue weighted by molar-refractivity contribution is 6.01. The van der Waals surface area contributed by atoms with E-state index in [-0.39, 0.29) is 36.2 Å². The Hall–Kier alpha value is -3.65. The van der Waals surface area contributed by atoms with Crippen molar-refractivity contribution in [3.63, 3.8) is 0 Å². The number of likely N-dealkylation sites (N-methyl/N-ethyl adjacent to an activating group) is 1. The van der Waals surface area contributed by atoms with Crippen molar-refractivity contribution in [1.82, 2.24) is 15.2 Å². The molecule has 226 valence electrons. The quantitative estimate of drug-likeness (QED) is 0.231. The number of rotatable bonds is 14. The number of nitrogens with zero attached hydrogens (tertiary/aromatic N) is 2. The van der Waals surface area contributed by atoms with Gasteiger partial charge < -0.3 is 25.8 Å². The fourth-order valence-corrected chi connectivity index (χ4v) is 5.97. The monoisotopic (exact) mass is 573 g/mol. The van der Waals surface area contributed by atoms with Gasteiger partial charge in [-0.25, -0.2) is 0 Å². The molecule has 3 amide bonds. The van der Waals surface area contributed by atoms with Gasteiger partial charge in [-0.3, -0.25) is 14.4 Å². The van der Waals surface area contributed by atoms with Gasteiger partial charge >= 0.3 is 0 Å². The van der Waals surface area contributed by atoms with Gasteiger partial charge in [-0.15, -0.1) is 0 Å². The van der Waals surface area contributed by atoms with E-state index in [2.05, 4.69) is 29.7 Å². The van der Waals surface area contributed by atoms with Gasteiger partial charge in [0, 0.05) is 41.6 Å². The van der Waals surface area contributed by atoms with Crippen molar-refractivity contribution < 1.29 is 14.4 Å². The number of hydrogen-bond donors (Lipinski definition) is 3. The Morgan fingerprint density at radius 2 is 1.69 bits per heavy atom. The third-order valence-electron chi connectivity index (χ3n) is 8.45. The Kier molecular flexibility index (Phi) is 11.6. The summed E-state index contributed by atoms with van der Waals surface area (Å²) in [6, 6.07) is 17.7. The van der Waals surface area contributed by atoms with Gasteiger partial charge in [0.05, 0.1) is 0 Å². The van der Waals surface area contributed by atoms with E-state index >= 15 is 0 Å². The van der Waals surface area contributed by atoms with Gasteiger partial charge in [-0.05, 0) is 88.2 Å². The average Bonchev–Trinajstić information content (AvgIpc) is 3.38. The lowest BCUT2D eigenvalue weighted by molar-refractivity contribution is -0.126. The fraction of sp³-hybridized carbons (Fsp3) is 0.500. The third kappa shape index (κ3) is 8.00. The van der Waals surface area contributed by atoms with Gasteiger partial charge in [0.15, 0.2) is 0 Å². The van der Waals surface area contributed by atoms with Crippen molar-refractivity contribution in [2.24, 2.45) is 11.7 Å². The second-order valence-electron chi connectivity index (χ2n) is 11.4. The Morgan fingerprint density at radius 1 is 0.929 bits per heavy atom. The highest BCUT2D eigenvalue weighted by Gasteiger charge is 2.28. The highest BCUT2D eigenvalue weighted by Crippen LogP contribution is 2.26. The number of unbranched alkanes of at least 4 members (excludes halogenated alkanes) is 3. The smallest absolute Gasteiger partial charge is 0.268 e. The minimum Gasteiger partial charge on any atom is -0.356 e. The van der Waals surface area contributed by atoms with Crippen LogP contribution < -0.4 is 21.3 Å². The van der Waals surface area contributed by atoms with Crippen molar-refractivity contribution in [1.29, 1.82) is 0 Å². The molecule has 1 heterocycles. The van der Waals surface area contributed by atoms with E-state index in [9.17, 15) is 14.4 Å². The lowest BCUT2D eigenvalue weighted by Crippen LogP contribution is -2.42. The topological polar surface area (TPSA) is 109 Å². The van der Waals surface area contributed by atoms with Crippen LogP contribution in [0.1, 0.15) is 81.3 Å². The molecule has 1 aromatic heterocycles. The number of nitrogens with two attached hydrogens (primary N) is 1. The molecule has 2 aromatic carbocycles. The molecule has 8 heteroatoms. The molecule has 4 rings (SSSR count). The number of carbonyl (C=O) groups is 3. The van der Waals surface area contributed by atoms with E-state index in [1.165, 1.54) is 5.56 Å². The van der Waals surface area contributed by atoms with Crippen molar-refractivity contribution in [3.05, 3.63) is 65.9 Å². The van der Waals surface area contributed by atoms with Crippen molar-refractivity contribution in [2.45, 2.75) is 84.2 Å². The lowest BCUT2D eigenvalue weighted by atomic mass is 9.85. The van der Waals surface area contributed by atoms with E-state index in [4.69, 9.17) is 5.73 Å². The second-order valence-corrected chi connectivity index (χ2v) is 11.4. The Labute approximate surface area is 250 Å². The minimum absolute atomic E-state index is 0.00231. The Bertz CT molecular complexity index is 1340. The number of para-hydroxylation sites is 1. The number of fused-ring (bicyclic) bond motifs is 1. The normalized spacial score (nSPS) is 16.7. The number of benzene rings is 2. The molecule has 0 bridgehead atoms. The van der Waals surface area contributed by atoms with Crippen LogP contribution in [-0.2, 0) is 22.6 Å². The number of carbonyl (C=O) groups excluding carboxylic acids is 3. The first-order valence-electron chi connectivity index (χ1n) is 15.7. The SMILES string of the molecule is CCc1cccc(N(CC)C(=O)Cn2c(C(=O)NC3CCC(C(=O)NCCCCCCN)CC3)cc3ccccc32)c1. The molecule has 42 heavy (non-hydrogen) atoms. The number of aryl methyl sites for hydroxylation is 1. The molecular weight excluding hydrogens is 526 g/mol. The molecular formula is C34H47N5O3. The molecule has 1 aliphatic carbocycles. The van der Waals surface area contributed by atoms with Crippen LogP contribution in [0.5, 0.6) is 0 Å². The molecule has 0 unspecified atom stereocenters. The maximum atomic E-state index is 13.6. The number of anilines is 1. The van der Waals surface area contributed by atoms with Crippen LogP contribution in [0.3, 0.4) is 0 Å². The average molecular weight is 574 g/mol. The molecule has 1 fully saturated rings. The first-order chi connectivity index (χ1) is 20.4. The Balaban J connectivity index is 1.38. The maximum absolute atomic E-state index is 13.6. The fourth-order valence-electron chi connectivity index (χ4n) is 5.97. The summed E-state index contributed by atoms with van der Waals surface area (Å²) in [5.41, 5.74) is 8.93. The molecule has 0 saturated heterocycles. The summed E-state index contributed by atoms with van der Waals surface area (Å²) < 4.78 is 1.84. The number of hydrogen-bond acceptors (Lipinski definition) is 4. The largest absolute Gasteiger partial charge is 0.356 e. The molecule has 0 radical (unpaired) electrons. The molecule has 0 spiro atoms. The molecule has 0 aliphatic heterocycles. The summed E-state index contributed by atoms with van der Waals surface area (Å²) >= 11 is 0. The standard InChI is InChI=1S/C34H47N5O3/c1-3-25-12-11-14-29(22-25)38(4-2)32(40)24-39-30-15-8-7-13-27(30)23-31(39)34(42)37-28-18-16-26(17-19-28)33(41)36-21-10-6-5-9-20-35/h7-8,11-15,22-23,26,28H,3-6,9-10,16-21,24,35H2,1-2H3,(H,36,41)(H,37,42). The minimum atomic E-state index is -0.180. The van der Waals surface area contributed by atoms with Crippen LogP contribution in [0.2, 0.25) is 0 Å². The van der Waals surface area contributed by atoms with Crippen LogP contribution in [0.4, 0.5) is 5.69 Å². The zero-order chi connectivity index (χ0) is 29.9. The molecule has 8 nitrogen and oxygen atoms in total. The Morgan fingerprint density at radius 3 is 2.43 bits per heavy atom. The third-order valence-corrected chi connectivity index (χ3v) is 8.45. The molecule has 0 atom stereocenters. The summed E-state index contributed by atoms with van der Waals surface area (Å²) in [7, 11) is 0. The van der Waals surface area contributed by atoms with Crippen LogP contribution in [0, 0.1) is 5.92 Å². The molecule has 4 N–H and O–H groups in total. The van der Waals surface area contributed by atoms with Crippen molar-refractivity contribution in [2.75, 3.05) is 24.5 Å². The van der Waals surface area contributed by atoms with Crippen LogP contribution in [0.25, 0.3) is 10.9 Å². The predicted octanol–water partition coefficient (Wildman–Crippen LogP) is 5.18. The number of nitrogens with one attached hydrogen (secondary N) is 2. The summed E-state index contributed by atoms with van der Waals surface area (Å²) in [6.07, 6.45) is 8.14. The van der Waals surface area contributed by atoms with Crippen molar-refractivity contribution in [3.8, 4) is 0 Å².